The van der Waals surface area contributed by atoms with Crippen LogP contribution in [-0.2, 0) is 0 Å². The minimum absolute atomic E-state index is 0.320. The Morgan fingerprint density at radius 3 is 2.62 bits per heavy atom. The Labute approximate surface area is 144 Å². The second-order valence-electron chi connectivity index (χ2n) is 5.73. The number of hydrogen-bond donors (Lipinski definition) is 2. The number of piperazine rings is 1. The van der Waals surface area contributed by atoms with Crippen molar-refractivity contribution >= 4 is 17.7 Å². The van der Waals surface area contributed by atoms with E-state index in [0.29, 0.717) is 31.7 Å². The molecule has 1 aliphatic rings. The molecule has 2 N–H and O–H groups in total. The molecule has 0 bridgehead atoms. The molecule has 0 spiro atoms. The third kappa shape index (κ3) is 4.87. The van der Waals surface area contributed by atoms with Crippen molar-refractivity contribution in [2.45, 2.75) is 24.0 Å². The van der Waals surface area contributed by atoms with Gasteiger partial charge in [-0.25, -0.2) is 0 Å². The van der Waals surface area contributed by atoms with E-state index in [1.165, 1.54) is 16.7 Å². The van der Waals surface area contributed by atoms with Gasteiger partial charge in [-0.2, -0.15) is 13.2 Å². The summed E-state index contributed by atoms with van der Waals surface area (Å²) in [5.41, 5.74) is 1.17. The predicted octanol–water partition coefficient (Wildman–Crippen LogP) is 2.28. The van der Waals surface area contributed by atoms with Gasteiger partial charge in [-0.05, 0) is 30.9 Å². The zero-order valence-electron chi connectivity index (χ0n) is 13.7. The maximum Gasteiger partial charge on any atom is 0.405 e. The van der Waals surface area contributed by atoms with Crippen LogP contribution in [-0.4, -0.2) is 62.0 Å². The summed E-state index contributed by atoms with van der Waals surface area (Å²) in [5, 5.41) is 5.50. The molecule has 2 rings (SSSR count). The molecule has 134 valence electrons. The van der Waals surface area contributed by atoms with Gasteiger partial charge in [-0.3, -0.25) is 9.69 Å². The minimum Gasteiger partial charge on any atom is -0.350 e. The van der Waals surface area contributed by atoms with E-state index in [1.807, 2.05) is 12.3 Å². The SMILES string of the molecule is CSc1ccc(C)c(C(=O)NCC(N2CCNCC2)C(F)(F)F)c1. The molecule has 1 atom stereocenters. The van der Waals surface area contributed by atoms with E-state index >= 15 is 0 Å². The molecule has 1 fully saturated rings. The van der Waals surface area contributed by atoms with Gasteiger partial charge in [-0.1, -0.05) is 6.07 Å². The summed E-state index contributed by atoms with van der Waals surface area (Å²) in [6.45, 7) is 3.02. The lowest BCUT2D eigenvalue weighted by Gasteiger charge is -2.35. The molecule has 1 aromatic rings. The highest BCUT2D eigenvalue weighted by atomic mass is 32.2. The number of nitrogens with one attached hydrogen (secondary N) is 2. The van der Waals surface area contributed by atoms with Gasteiger partial charge in [-0.15, -0.1) is 11.8 Å². The van der Waals surface area contributed by atoms with Crippen molar-refractivity contribution in [1.29, 1.82) is 0 Å². The van der Waals surface area contributed by atoms with Crippen LogP contribution in [0.2, 0.25) is 0 Å². The number of hydrogen-bond acceptors (Lipinski definition) is 4. The summed E-state index contributed by atoms with van der Waals surface area (Å²) >= 11 is 1.49. The van der Waals surface area contributed by atoms with E-state index in [0.717, 1.165) is 10.5 Å². The van der Waals surface area contributed by atoms with Crippen molar-refractivity contribution in [2.24, 2.45) is 0 Å². The smallest absolute Gasteiger partial charge is 0.350 e. The average Bonchev–Trinajstić information content (AvgIpc) is 2.55. The Balaban J connectivity index is 2.07. The van der Waals surface area contributed by atoms with Crippen LogP contribution in [0, 0.1) is 6.92 Å². The molecule has 0 aliphatic carbocycles. The Kier molecular flexibility index (Phi) is 6.54. The first-order chi connectivity index (χ1) is 11.3. The third-order valence-corrected chi connectivity index (χ3v) is 4.84. The number of thioether (sulfide) groups is 1. The lowest BCUT2D eigenvalue weighted by Crippen LogP contribution is -2.57. The average molecular weight is 361 g/mol. The first-order valence-electron chi connectivity index (χ1n) is 7.77. The van der Waals surface area contributed by atoms with Crippen LogP contribution < -0.4 is 10.6 Å². The fourth-order valence-corrected chi connectivity index (χ4v) is 3.14. The lowest BCUT2D eigenvalue weighted by molar-refractivity contribution is -0.183. The number of rotatable bonds is 5. The molecular formula is C16H22F3N3OS. The van der Waals surface area contributed by atoms with Crippen molar-refractivity contribution in [2.75, 3.05) is 39.0 Å². The summed E-state index contributed by atoms with van der Waals surface area (Å²) in [7, 11) is 0. The maximum absolute atomic E-state index is 13.3. The number of halogens is 3. The van der Waals surface area contributed by atoms with Crippen molar-refractivity contribution in [3.63, 3.8) is 0 Å². The summed E-state index contributed by atoms with van der Waals surface area (Å²) in [5.74, 6) is -0.465. The molecule has 4 nitrogen and oxygen atoms in total. The number of aryl methyl sites for hydroxylation is 1. The van der Waals surface area contributed by atoms with E-state index in [4.69, 9.17) is 0 Å². The highest BCUT2D eigenvalue weighted by molar-refractivity contribution is 7.98. The molecular weight excluding hydrogens is 339 g/mol. The van der Waals surface area contributed by atoms with Crippen LogP contribution in [0.15, 0.2) is 23.1 Å². The summed E-state index contributed by atoms with van der Waals surface area (Å²) in [4.78, 5) is 14.6. The Morgan fingerprint density at radius 1 is 1.38 bits per heavy atom. The minimum atomic E-state index is -4.37. The van der Waals surface area contributed by atoms with Gasteiger partial charge < -0.3 is 10.6 Å². The number of nitrogens with zero attached hydrogens (tertiary/aromatic N) is 1. The van der Waals surface area contributed by atoms with E-state index in [2.05, 4.69) is 10.6 Å². The zero-order chi connectivity index (χ0) is 17.7. The fourth-order valence-electron chi connectivity index (χ4n) is 2.70. The number of benzene rings is 1. The van der Waals surface area contributed by atoms with Crippen LogP contribution in [0.1, 0.15) is 15.9 Å². The Bertz CT molecular complexity index is 574. The summed E-state index contributed by atoms with van der Waals surface area (Å²) in [6.07, 6.45) is -2.49. The monoisotopic (exact) mass is 361 g/mol. The van der Waals surface area contributed by atoms with Gasteiger partial charge >= 0.3 is 6.18 Å². The zero-order valence-corrected chi connectivity index (χ0v) is 14.6. The third-order valence-electron chi connectivity index (χ3n) is 4.12. The van der Waals surface area contributed by atoms with Gasteiger partial charge in [0.1, 0.15) is 6.04 Å². The number of carbonyl (C=O) groups is 1. The van der Waals surface area contributed by atoms with Crippen molar-refractivity contribution in [1.82, 2.24) is 15.5 Å². The first-order valence-corrected chi connectivity index (χ1v) is 8.99. The van der Waals surface area contributed by atoms with Gasteiger partial charge in [0.15, 0.2) is 0 Å². The molecule has 1 aromatic carbocycles. The van der Waals surface area contributed by atoms with Crippen LogP contribution >= 0.6 is 11.8 Å². The molecule has 1 heterocycles. The largest absolute Gasteiger partial charge is 0.405 e. The van der Waals surface area contributed by atoms with E-state index in [-0.39, 0.29) is 0 Å². The molecule has 1 unspecified atom stereocenters. The fraction of sp³-hybridized carbons (Fsp3) is 0.562. The number of amides is 1. The Morgan fingerprint density at radius 2 is 2.04 bits per heavy atom. The highest BCUT2D eigenvalue weighted by Gasteiger charge is 2.43. The normalized spacial score (nSPS) is 17.5. The Hall–Kier alpha value is -1.25. The van der Waals surface area contributed by atoms with Gasteiger partial charge in [0.2, 0.25) is 0 Å². The van der Waals surface area contributed by atoms with Crippen LogP contribution in [0.3, 0.4) is 0 Å². The first kappa shape index (κ1) is 19.1. The summed E-state index contributed by atoms with van der Waals surface area (Å²) < 4.78 is 40.0. The van der Waals surface area contributed by atoms with Gasteiger partial charge in [0.25, 0.3) is 5.91 Å². The summed E-state index contributed by atoms with van der Waals surface area (Å²) in [6, 6.07) is 3.74. The highest BCUT2D eigenvalue weighted by Crippen LogP contribution is 2.25. The molecule has 0 saturated carbocycles. The molecule has 0 radical (unpaired) electrons. The van der Waals surface area contributed by atoms with E-state index < -0.39 is 24.7 Å². The second kappa shape index (κ2) is 8.22. The van der Waals surface area contributed by atoms with E-state index in [9.17, 15) is 18.0 Å². The molecule has 0 aromatic heterocycles. The number of carbonyl (C=O) groups excluding carboxylic acids is 1. The van der Waals surface area contributed by atoms with Crippen molar-refractivity contribution < 1.29 is 18.0 Å². The van der Waals surface area contributed by atoms with E-state index in [1.54, 1.807) is 19.1 Å². The van der Waals surface area contributed by atoms with Crippen molar-refractivity contribution in [3.05, 3.63) is 29.3 Å². The lowest BCUT2D eigenvalue weighted by atomic mass is 10.1. The second-order valence-corrected chi connectivity index (χ2v) is 6.61. The standard InChI is InChI=1S/C16H22F3N3OS/c1-11-3-4-12(24-2)9-13(11)15(23)21-10-14(16(17,18)19)22-7-5-20-6-8-22/h3-4,9,14,20H,5-8,10H2,1-2H3,(H,21,23). The maximum atomic E-state index is 13.3. The number of alkyl halides is 3. The van der Waals surface area contributed by atoms with Gasteiger partial charge in [0, 0.05) is 43.2 Å². The molecule has 1 saturated heterocycles. The molecule has 8 heteroatoms. The van der Waals surface area contributed by atoms with Crippen LogP contribution in [0.4, 0.5) is 13.2 Å². The van der Waals surface area contributed by atoms with Crippen LogP contribution in [0.5, 0.6) is 0 Å². The van der Waals surface area contributed by atoms with Gasteiger partial charge in [0.05, 0.1) is 0 Å². The quantitative estimate of drug-likeness (QED) is 0.790. The molecule has 24 heavy (non-hydrogen) atoms. The molecule has 1 amide bonds. The molecule has 1 aliphatic heterocycles. The van der Waals surface area contributed by atoms with Crippen molar-refractivity contribution in [3.8, 4) is 0 Å². The van der Waals surface area contributed by atoms with Crippen LogP contribution in [0.25, 0.3) is 0 Å². The predicted molar refractivity (Wildman–Crippen MR) is 89.6 cm³/mol. The topological polar surface area (TPSA) is 44.4 Å².